The van der Waals surface area contributed by atoms with E-state index in [0.717, 1.165) is 18.4 Å². The van der Waals surface area contributed by atoms with Crippen LogP contribution in [0.3, 0.4) is 0 Å². The van der Waals surface area contributed by atoms with Crippen LogP contribution < -0.4 is 4.74 Å². The number of rotatable bonds is 7. The molecule has 6 heteroatoms. The maximum atomic E-state index is 12.9. The molecule has 0 spiro atoms. The lowest BCUT2D eigenvalue weighted by molar-refractivity contribution is -0.174. The van der Waals surface area contributed by atoms with Crippen LogP contribution in [0, 0.1) is 0 Å². The van der Waals surface area contributed by atoms with Gasteiger partial charge in [-0.1, -0.05) is 36.4 Å². The summed E-state index contributed by atoms with van der Waals surface area (Å²) in [6.45, 7) is 8.18. The van der Waals surface area contributed by atoms with Crippen LogP contribution in [0.2, 0.25) is 0 Å². The maximum Gasteiger partial charge on any atom is 0.196 e. The second kappa shape index (κ2) is 8.94. The molecule has 2 aromatic carbocycles. The third kappa shape index (κ3) is 5.04. The largest absolute Gasteiger partial charge is 0.496 e. The minimum Gasteiger partial charge on any atom is -0.496 e. The molecule has 0 amide bonds. The smallest absolute Gasteiger partial charge is 0.196 e. The Morgan fingerprint density at radius 2 is 1.69 bits per heavy atom. The first-order chi connectivity index (χ1) is 15.2. The van der Waals surface area contributed by atoms with Crippen molar-refractivity contribution in [2.75, 3.05) is 13.7 Å². The molecule has 172 valence electrons. The van der Waals surface area contributed by atoms with Gasteiger partial charge in [0.15, 0.2) is 17.4 Å². The van der Waals surface area contributed by atoms with Gasteiger partial charge in [-0.25, -0.2) is 0 Å². The molecule has 0 bridgehead atoms. The van der Waals surface area contributed by atoms with Gasteiger partial charge in [0.2, 0.25) is 0 Å². The molecule has 6 nitrogen and oxygen atoms in total. The molecule has 0 saturated carbocycles. The molecule has 2 aliphatic heterocycles. The molecular formula is C26H32O6. The molecule has 0 unspecified atom stereocenters. The summed E-state index contributed by atoms with van der Waals surface area (Å²) >= 11 is 0. The van der Waals surface area contributed by atoms with E-state index in [0.29, 0.717) is 23.5 Å². The van der Waals surface area contributed by atoms with Gasteiger partial charge in [-0.3, -0.25) is 4.79 Å². The average Bonchev–Trinajstić information content (AvgIpc) is 3.29. The minimum atomic E-state index is -0.656. The molecular weight excluding hydrogens is 408 g/mol. The standard InChI is InChI=1S/C26H32O6/c1-25(2)29-16-22(31-25)24-21(30-26(3,4)32-24)15-12-17-10-13-18(14-11-17)23(27)19-8-6-7-9-20(19)28-5/h6-11,13-14,21-22,24H,12,15-16H2,1-5H3/t21-,22-,24+/m1/s1. The first kappa shape index (κ1) is 22.9. The minimum absolute atomic E-state index is 0.0515. The van der Waals surface area contributed by atoms with Crippen LogP contribution in [0.1, 0.15) is 55.6 Å². The number of ketones is 1. The fourth-order valence-electron chi connectivity index (χ4n) is 4.40. The zero-order valence-corrected chi connectivity index (χ0v) is 19.4. The summed E-state index contributed by atoms with van der Waals surface area (Å²) in [7, 11) is 1.57. The summed E-state index contributed by atoms with van der Waals surface area (Å²) in [5.41, 5.74) is 2.33. The third-order valence-electron chi connectivity index (χ3n) is 5.90. The molecule has 2 aliphatic rings. The van der Waals surface area contributed by atoms with E-state index in [1.165, 1.54) is 0 Å². The summed E-state index contributed by atoms with van der Waals surface area (Å²) in [6, 6.07) is 15.0. The third-order valence-corrected chi connectivity index (χ3v) is 5.90. The molecule has 2 saturated heterocycles. The Hall–Kier alpha value is -2.25. The van der Waals surface area contributed by atoms with Crippen LogP contribution >= 0.6 is 0 Å². The van der Waals surface area contributed by atoms with Crippen LogP contribution in [-0.2, 0) is 25.4 Å². The van der Waals surface area contributed by atoms with Gasteiger partial charge in [0.25, 0.3) is 0 Å². The number of ether oxygens (including phenoxy) is 5. The zero-order valence-electron chi connectivity index (χ0n) is 19.4. The Kier molecular flexibility index (Phi) is 6.41. The number of para-hydroxylation sites is 1. The fourth-order valence-corrected chi connectivity index (χ4v) is 4.40. The Bertz CT molecular complexity index is 949. The van der Waals surface area contributed by atoms with Crippen molar-refractivity contribution in [3.63, 3.8) is 0 Å². The van der Waals surface area contributed by atoms with Gasteiger partial charge in [0.1, 0.15) is 18.0 Å². The monoisotopic (exact) mass is 440 g/mol. The summed E-state index contributed by atoms with van der Waals surface area (Å²) in [6.07, 6.45) is 1.16. The van der Waals surface area contributed by atoms with E-state index in [9.17, 15) is 4.79 Å². The van der Waals surface area contributed by atoms with E-state index in [1.54, 1.807) is 19.2 Å². The molecule has 2 heterocycles. The van der Waals surface area contributed by atoms with E-state index in [4.69, 9.17) is 23.7 Å². The van der Waals surface area contributed by atoms with Gasteiger partial charge < -0.3 is 23.7 Å². The topological polar surface area (TPSA) is 63.2 Å². The maximum absolute atomic E-state index is 12.9. The quantitative estimate of drug-likeness (QED) is 0.590. The Balaban J connectivity index is 1.40. The van der Waals surface area contributed by atoms with Crippen molar-refractivity contribution in [3.05, 3.63) is 65.2 Å². The number of hydrogen-bond acceptors (Lipinski definition) is 6. The molecule has 4 rings (SSSR count). The van der Waals surface area contributed by atoms with Crippen molar-refractivity contribution in [1.29, 1.82) is 0 Å². The summed E-state index contributed by atoms with van der Waals surface area (Å²) in [5, 5.41) is 0. The van der Waals surface area contributed by atoms with Gasteiger partial charge in [0, 0.05) is 5.56 Å². The molecule has 0 aliphatic carbocycles. The lowest BCUT2D eigenvalue weighted by atomic mass is 9.97. The van der Waals surface area contributed by atoms with Crippen LogP contribution in [0.4, 0.5) is 0 Å². The van der Waals surface area contributed by atoms with Crippen molar-refractivity contribution >= 4 is 5.78 Å². The van der Waals surface area contributed by atoms with E-state index >= 15 is 0 Å². The van der Waals surface area contributed by atoms with E-state index in [1.807, 2.05) is 64.1 Å². The Morgan fingerprint density at radius 3 is 2.34 bits per heavy atom. The fraction of sp³-hybridized carbons (Fsp3) is 0.500. The summed E-state index contributed by atoms with van der Waals surface area (Å²) in [5.74, 6) is -0.731. The van der Waals surface area contributed by atoms with Crippen molar-refractivity contribution < 1.29 is 28.5 Å². The molecule has 2 fully saturated rings. The predicted molar refractivity (Wildman–Crippen MR) is 120 cm³/mol. The first-order valence-corrected chi connectivity index (χ1v) is 11.1. The number of methoxy groups -OCH3 is 1. The normalized spacial score (nSPS) is 26.2. The average molecular weight is 441 g/mol. The van der Waals surface area contributed by atoms with Gasteiger partial charge in [-0.2, -0.15) is 0 Å². The number of hydrogen-bond donors (Lipinski definition) is 0. The van der Waals surface area contributed by atoms with Crippen LogP contribution in [0.5, 0.6) is 5.75 Å². The number of benzene rings is 2. The molecule has 3 atom stereocenters. The molecule has 0 aromatic heterocycles. The van der Waals surface area contributed by atoms with E-state index in [-0.39, 0.29) is 24.1 Å². The highest BCUT2D eigenvalue weighted by Crippen LogP contribution is 2.37. The first-order valence-electron chi connectivity index (χ1n) is 11.1. The molecule has 32 heavy (non-hydrogen) atoms. The molecule has 0 N–H and O–H groups in total. The van der Waals surface area contributed by atoms with Crippen LogP contribution in [-0.4, -0.2) is 49.4 Å². The van der Waals surface area contributed by atoms with E-state index < -0.39 is 11.6 Å². The van der Waals surface area contributed by atoms with Gasteiger partial charge in [-0.15, -0.1) is 0 Å². The highest BCUT2D eigenvalue weighted by Gasteiger charge is 2.49. The van der Waals surface area contributed by atoms with E-state index in [2.05, 4.69) is 0 Å². The lowest BCUT2D eigenvalue weighted by Gasteiger charge is -2.23. The van der Waals surface area contributed by atoms with Crippen LogP contribution in [0.25, 0.3) is 0 Å². The van der Waals surface area contributed by atoms with Crippen LogP contribution in [0.15, 0.2) is 48.5 Å². The second-order valence-electron chi connectivity index (χ2n) is 9.27. The Labute approximate surface area is 189 Å². The predicted octanol–water partition coefficient (Wildman–Crippen LogP) is 4.53. The zero-order chi connectivity index (χ0) is 22.9. The SMILES string of the molecule is COc1ccccc1C(=O)c1ccc(CC[C@H]2OC(C)(C)O[C@@H]2[C@H]2COC(C)(C)O2)cc1. The Morgan fingerprint density at radius 1 is 0.969 bits per heavy atom. The van der Waals surface area contributed by atoms with Gasteiger partial charge in [-0.05, 0) is 58.2 Å². The summed E-state index contributed by atoms with van der Waals surface area (Å²) in [4.78, 5) is 12.9. The highest BCUT2D eigenvalue weighted by molar-refractivity contribution is 6.10. The number of carbonyl (C=O) groups excluding carboxylic acids is 1. The highest BCUT2D eigenvalue weighted by atomic mass is 16.8. The second-order valence-corrected chi connectivity index (χ2v) is 9.27. The van der Waals surface area contributed by atoms with Gasteiger partial charge in [0.05, 0.1) is 25.4 Å². The van der Waals surface area contributed by atoms with Gasteiger partial charge >= 0.3 is 0 Å². The number of carbonyl (C=O) groups is 1. The lowest BCUT2D eigenvalue weighted by Crippen LogP contribution is -2.38. The van der Waals surface area contributed by atoms with Crippen molar-refractivity contribution in [3.8, 4) is 5.75 Å². The van der Waals surface area contributed by atoms with Crippen molar-refractivity contribution in [2.24, 2.45) is 0 Å². The summed E-state index contributed by atoms with van der Waals surface area (Å²) < 4.78 is 29.4. The number of aryl methyl sites for hydroxylation is 1. The molecule has 0 radical (unpaired) electrons. The van der Waals surface area contributed by atoms with Crippen molar-refractivity contribution in [2.45, 2.75) is 70.4 Å². The molecule has 2 aromatic rings. The van der Waals surface area contributed by atoms with Crippen molar-refractivity contribution in [1.82, 2.24) is 0 Å².